The molecule has 1 N–H and O–H groups in total. The molecular weight excluding hydrogens is 188 g/mol. The summed E-state index contributed by atoms with van der Waals surface area (Å²) >= 11 is 0. The highest BCUT2D eigenvalue weighted by atomic mass is 16.5. The predicted octanol–water partition coefficient (Wildman–Crippen LogP) is 2.89. The highest BCUT2D eigenvalue weighted by molar-refractivity contribution is 5.12. The molecule has 1 aliphatic heterocycles. The van der Waals surface area contributed by atoms with Gasteiger partial charge < -0.3 is 9.84 Å². The lowest BCUT2D eigenvalue weighted by molar-refractivity contribution is -0.239. The lowest BCUT2D eigenvalue weighted by Crippen LogP contribution is -2.63. The molecule has 15 heavy (non-hydrogen) atoms. The maximum Gasteiger partial charge on any atom is 0.102 e. The highest BCUT2D eigenvalue weighted by Crippen LogP contribution is 2.57. The molecule has 0 aromatic heterocycles. The summed E-state index contributed by atoms with van der Waals surface area (Å²) in [6.45, 7) is 8.58. The minimum absolute atomic E-state index is 0.0967. The Kier molecular flexibility index (Phi) is 2.44. The third-order valence-electron chi connectivity index (χ3n) is 4.73. The van der Waals surface area contributed by atoms with Crippen LogP contribution in [0.2, 0.25) is 0 Å². The van der Waals surface area contributed by atoms with Crippen molar-refractivity contribution in [3.63, 3.8) is 0 Å². The second-order valence-electron chi connectivity index (χ2n) is 6.31. The van der Waals surface area contributed by atoms with Crippen molar-refractivity contribution in [1.82, 2.24) is 0 Å². The molecule has 1 heterocycles. The van der Waals surface area contributed by atoms with Crippen LogP contribution in [0.3, 0.4) is 0 Å². The van der Waals surface area contributed by atoms with Crippen molar-refractivity contribution in [1.29, 1.82) is 0 Å². The second kappa shape index (κ2) is 3.21. The molecule has 2 aliphatic rings. The van der Waals surface area contributed by atoms with Gasteiger partial charge >= 0.3 is 0 Å². The van der Waals surface area contributed by atoms with E-state index in [2.05, 4.69) is 20.8 Å². The van der Waals surface area contributed by atoms with Crippen molar-refractivity contribution >= 4 is 0 Å². The van der Waals surface area contributed by atoms with E-state index in [0.29, 0.717) is 6.10 Å². The van der Waals surface area contributed by atoms with Crippen LogP contribution in [0.1, 0.15) is 59.8 Å². The Morgan fingerprint density at radius 1 is 1.13 bits per heavy atom. The topological polar surface area (TPSA) is 29.5 Å². The molecule has 2 nitrogen and oxygen atoms in total. The van der Waals surface area contributed by atoms with Gasteiger partial charge in [-0.05, 0) is 51.4 Å². The number of ether oxygens (including phenoxy) is 1. The first kappa shape index (κ1) is 11.4. The van der Waals surface area contributed by atoms with Crippen LogP contribution in [0.5, 0.6) is 0 Å². The number of hydrogen-bond donors (Lipinski definition) is 1. The predicted molar refractivity (Wildman–Crippen MR) is 60.8 cm³/mol. The van der Waals surface area contributed by atoms with Crippen LogP contribution < -0.4 is 0 Å². The van der Waals surface area contributed by atoms with Gasteiger partial charge in [-0.25, -0.2) is 0 Å². The first-order valence-corrected chi connectivity index (χ1v) is 6.21. The van der Waals surface area contributed by atoms with E-state index in [1.807, 2.05) is 6.92 Å². The van der Waals surface area contributed by atoms with Gasteiger partial charge in [0.15, 0.2) is 0 Å². The van der Waals surface area contributed by atoms with Gasteiger partial charge in [0.25, 0.3) is 0 Å². The zero-order valence-electron chi connectivity index (χ0n) is 10.5. The molecule has 1 saturated carbocycles. The van der Waals surface area contributed by atoms with E-state index in [1.165, 1.54) is 0 Å². The zero-order valence-corrected chi connectivity index (χ0v) is 10.5. The van der Waals surface area contributed by atoms with Crippen molar-refractivity contribution in [3.05, 3.63) is 0 Å². The first-order chi connectivity index (χ1) is 6.81. The fourth-order valence-electron chi connectivity index (χ4n) is 3.77. The lowest BCUT2D eigenvalue weighted by atomic mass is 9.57. The van der Waals surface area contributed by atoms with E-state index in [-0.39, 0.29) is 11.0 Å². The fraction of sp³-hybridized carbons (Fsp3) is 1.00. The van der Waals surface area contributed by atoms with Crippen molar-refractivity contribution < 1.29 is 9.84 Å². The maximum atomic E-state index is 10.7. The van der Waals surface area contributed by atoms with E-state index >= 15 is 0 Å². The van der Waals surface area contributed by atoms with Gasteiger partial charge in [-0.3, -0.25) is 0 Å². The molecule has 0 radical (unpaired) electrons. The van der Waals surface area contributed by atoms with E-state index < -0.39 is 5.60 Å². The number of rotatable bonds is 0. The van der Waals surface area contributed by atoms with E-state index in [4.69, 9.17) is 4.74 Å². The van der Waals surface area contributed by atoms with E-state index in [0.717, 1.165) is 32.1 Å². The molecule has 3 atom stereocenters. The van der Waals surface area contributed by atoms with Crippen LogP contribution in [0, 0.1) is 5.41 Å². The van der Waals surface area contributed by atoms with Gasteiger partial charge in [0.2, 0.25) is 0 Å². The van der Waals surface area contributed by atoms with Crippen molar-refractivity contribution in [2.75, 3.05) is 0 Å². The zero-order chi connectivity index (χ0) is 11.3. The summed E-state index contributed by atoms with van der Waals surface area (Å²) in [6.07, 6.45) is 5.54. The Hall–Kier alpha value is -0.0800. The Morgan fingerprint density at radius 3 is 2.27 bits per heavy atom. The molecule has 0 aromatic rings. The molecule has 2 heteroatoms. The molecule has 1 spiro atoms. The Bertz CT molecular complexity index is 239. The van der Waals surface area contributed by atoms with Crippen LogP contribution in [0.25, 0.3) is 0 Å². The molecule has 0 amide bonds. The lowest BCUT2D eigenvalue weighted by Gasteiger charge is -2.56. The summed E-state index contributed by atoms with van der Waals surface area (Å²) < 4.78 is 6.17. The van der Waals surface area contributed by atoms with Gasteiger partial charge in [-0.2, -0.15) is 0 Å². The third-order valence-corrected chi connectivity index (χ3v) is 4.73. The van der Waals surface area contributed by atoms with Gasteiger partial charge in [0.1, 0.15) is 5.60 Å². The van der Waals surface area contributed by atoms with Gasteiger partial charge in [-0.15, -0.1) is 0 Å². The second-order valence-corrected chi connectivity index (χ2v) is 6.31. The molecular formula is C13H24O2. The van der Waals surface area contributed by atoms with Crippen molar-refractivity contribution in [3.8, 4) is 0 Å². The quantitative estimate of drug-likeness (QED) is 0.669. The van der Waals surface area contributed by atoms with E-state index in [9.17, 15) is 5.11 Å². The van der Waals surface area contributed by atoms with Crippen LogP contribution in [0.15, 0.2) is 0 Å². The Balaban J connectivity index is 2.38. The Labute approximate surface area is 93.0 Å². The third kappa shape index (κ3) is 1.45. The van der Waals surface area contributed by atoms with Crippen molar-refractivity contribution in [2.45, 2.75) is 77.1 Å². The maximum absolute atomic E-state index is 10.7. The summed E-state index contributed by atoms with van der Waals surface area (Å²) in [5.41, 5.74) is -0.864. The van der Waals surface area contributed by atoms with Gasteiger partial charge in [-0.1, -0.05) is 13.8 Å². The molecule has 1 saturated heterocycles. The molecule has 0 aromatic carbocycles. The molecule has 88 valence electrons. The van der Waals surface area contributed by atoms with Crippen LogP contribution in [-0.2, 0) is 4.74 Å². The molecule has 0 unspecified atom stereocenters. The SMILES string of the molecule is C[C@@H]1CC[C@]2(O1)C(C)(C)CCC[C@]2(C)O. The minimum Gasteiger partial charge on any atom is -0.387 e. The Morgan fingerprint density at radius 2 is 1.80 bits per heavy atom. The average molecular weight is 212 g/mol. The summed E-state index contributed by atoms with van der Waals surface area (Å²) in [5.74, 6) is 0. The highest BCUT2D eigenvalue weighted by Gasteiger charge is 2.61. The minimum atomic E-state index is -0.653. The smallest absolute Gasteiger partial charge is 0.102 e. The first-order valence-electron chi connectivity index (χ1n) is 6.21. The fourth-order valence-corrected chi connectivity index (χ4v) is 3.77. The molecule has 2 rings (SSSR count). The summed E-state index contributed by atoms with van der Waals surface area (Å²) in [6, 6.07) is 0. The standard InChI is InChI=1S/C13H24O2/c1-10-6-9-13(15-10)11(2,3)7-5-8-12(13,4)14/h10,14H,5-9H2,1-4H3/t10-,12+,13+/m1/s1. The molecule has 0 bridgehead atoms. The molecule has 1 aliphatic carbocycles. The normalized spacial score (nSPS) is 49.8. The van der Waals surface area contributed by atoms with Crippen molar-refractivity contribution in [2.24, 2.45) is 5.41 Å². The van der Waals surface area contributed by atoms with Crippen LogP contribution in [0.4, 0.5) is 0 Å². The summed E-state index contributed by atoms with van der Waals surface area (Å²) in [5, 5.41) is 10.7. The molecule has 2 fully saturated rings. The van der Waals surface area contributed by atoms with Gasteiger partial charge in [0.05, 0.1) is 11.7 Å². The summed E-state index contributed by atoms with van der Waals surface area (Å²) in [7, 11) is 0. The van der Waals surface area contributed by atoms with E-state index in [1.54, 1.807) is 0 Å². The number of hydrogen-bond acceptors (Lipinski definition) is 2. The summed E-state index contributed by atoms with van der Waals surface area (Å²) in [4.78, 5) is 0. The van der Waals surface area contributed by atoms with Crippen LogP contribution in [-0.4, -0.2) is 22.4 Å². The largest absolute Gasteiger partial charge is 0.387 e. The van der Waals surface area contributed by atoms with Gasteiger partial charge in [0, 0.05) is 0 Å². The average Bonchev–Trinajstić information content (AvgIpc) is 2.46. The van der Waals surface area contributed by atoms with Crippen LogP contribution >= 0.6 is 0 Å². The number of aliphatic hydroxyl groups is 1. The monoisotopic (exact) mass is 212 g/mol.